The molecule has 0 bridgehead atoms. The molecule has 2 heterocycles. The highest BCUT2D eigenvalue weighted by atomic mass is 16.4. The Kier molecular flexibility index (Phi) is 6.68. The number of carboxylic acid groups (broad SMARTS) is 2. The second kappa shape index (κ2) is 8.81. The van der Waals surface area contributed by atoms with E-state index in [9.17, 15) is 24.6 Å². The van der Waals surface area contributed by atoms with Crippen LogP contribution in [0.4, 0.5) is 5.95 Å². The van der Waals surface area contributed by atoms with Gasteiger partial charge in [0.05, 0.1) is 31.5 Å². The molecular weight excluding hydrogens is 390 g/mol. The van der Waals surface area contributed by atoms with Gasteiger partial charge in [0, 0.05) is 5.92 Å². The second-order valence-electron chi connectivity index (χ2n) is 6.41. The average molecular weight is 411 g/mol. The van der Waals surface area contributed by atoms with Crippen molar-refractivity contribution in [3.8, 4) is 0 Å². The van der Waals surface area contributed by atoms with Crippen LogP contribution in [0.5, 0.6) is 0 Å². The molecule has 1 unspecified atom stereocenters. The summed E-state index contributed by atoms with van der Waals surface area (Å²) < 4.78 is 1.67. The van der Waals surface area contributed by atoms with Gasteiger partial charge in [-0.2, -0.15) is 4.98 Å². The number of imidazole rings is 1. The summed E-state index contributed by atoms with van der Waals surface area (Å²) in [6.07, 6.45) is -1.34. The third kappa shape index (κ3) is 4.77. The van der Waals surface area contributed by atoms with Crippen molar-refractivity contribution in [3.63, 3.8) is 0 Å². The minimum absolute atomic E-state index is 0.00659. The van der Waals surface area contributed by atoms with Gasteiger partial charge in [0.15, 0.2) is 17.3 Å². The summed E-state index contributed by atoms with van der Waals surface area (Å²) in [5.74, 6) is -3.22. The third-order valence-electron chi connectivity index (χ3n) is 4.47. The van der Waals surface area contributed by atoms with E-state index in [1.165, 1.54) is 6.33 Å². The van der Waals surface area contributed by atoms with Crippen LogP contribution in [-0.4, -0.2) is 75.8 Å². The molecule has 8 N–H and O–H groups in total. The number of aliphatic hydroxyl groups excluding tert-OH is 3. The maximum atomic E-state index is 11.7. The van der Waals surface area contributed by atoms with E-state index in [4.69, 9.17) is 21.1 Å². The van der Waals surface area contributed by atoms with Crippen LogP contribution in [0, 0.1) is 5.92 Å². The van der Waals surface area contributed by atoms with Crippen molar-refractivity contribution >= 4 is 29.1 Å². The number of nitrogens with zero attached hydrogens (tertiary/aromatic N) is 3. The lowest BCUT2D eigenvalue weighted by Gasteiger charge is -2.15. The van der Waals surface area contributed by atoms with Gasteiger partial charge in [0.2, 0.25) is 5.95 Å². The summed E-state index contributed by atoms with van der Waals surface area (Å²) in [5.41, 5.74) is 6.37. The van der Waals surface area contributed by atoms with Crippen molar-refractivity contribution in [3.05, 3.63) is 28.8 Å². The van der Waals surface area contributed by atoms with Gasteiger partial charge < -0.3 is 35.8 Å². The standard InChI is InChI=1S/C12H15N5O3.C4H6O5/c1-5-6(3-18)8(19)2-7(5)17-4-14-9-10(17)15-12(13)16-11(9)20;5-2(4(8)9)1-3(6)7/h4,6-8,18-19H,1-3H2,(H3,13,15,16,20);2,5H,1H2,(H,6,7)(H,8,9)/t6-,7-,8-;/m0./s1. The molecule has 0 aromatic carbocycles. The summed E-state index contributed by atoms with van der Waals surface area (Å²) in [5, 5.41) is 43.4. The maximum Gasteiger partial charge on any atom is 0.333 e. The number of rotatable bonds is 5. The quantitative estimate of drug-likeness (QED) is 0.268. The molecule has 1 fully saturated rings. The number of anilines is 1. The Morgan fingerprint density at radius 2 is 2.07 bits per heavy atom. The molecule has 0 aliphatic heterocycles. The van der Waals surface area contributed by atoms with Crippen LogP contribution in [0.2, 0.25) is 0 Å². The smallest absolute Gasteiger partial charge is 0.333 e. The topological polar surface area (TPSA) is 225 Å². The van der Waals surface area contributed by atoms with E-state index < -0.39 is 36.1 Å². The van der Waals surface area contributed by atoms with Crippen molar-refractivity contribution in [2.24, 2.45) is 5.92 Å². The van der Waals surface area contributed by atoms with Crippen molar-refractivity contribution < 1.29 is 35.1 Å². The lowest BCUT2D eigenvalue weighted by molar-refractivity contribution is -0.152. The number of nitrogens with one attached hydrogen (secondary N) is 1. The van der Waals surface area contributed by atoms with Crippen LogP contribution >= 0.6 is 0 Å². The van der Waals surface area contributed by atoms with E-state index in [0.717, 1.165) is 0 Å². The second-order valence-corrected chi connectivity index (χ2v) is 6.41. The van der Waals surface area contributed by atoms with Crippen molar-refractivity contribution in [2.45, 2.75) is 31.1 Å². The summed E-state index contributed by atoms with van der Waals surface area (Å²) in [7, 11) is 0. The van der Waals surface area contributed by atoms with E-state index >= 15 is 0 Å². The normalized spacial score (nSPS) is 22.2. The Bertz CT molecular complexity index is 983. The number of H-pyrrole nitrogens is 1. The Morgan fingerprint density at radius 1 is 1.41 bits per heavy atom. The molecule has 1 aliphatic rings. The van der Waals surface area contributed by atoms with Crippen molar-refractivity contribution in [1.82, 2.24) is 19.5 Å². The zero-order valence-electron chi connectivity index (χ0n) is 15.1. The van der Waals surface area contributed by atoms with E-state index in [2.05, 4.69) is 21.5 Å². The molecule has 1 saturated carbocycles. The predicted octanol–water partition coefficient (Wildman–Crippen LogP) is -1.92. The van der Waals surface area contributed by atoms with E-state index in [0.29, 0.717) is 17.6 Å². The van der Waals surface area contributed by atoms with E-state index in [-0.39, 0.29) is 30.0 Å². The number of carbonyl (C=O) groups is 2. The van der Waals surface area contributed by atoms with Crippen LogP contribution in [0.1, 0.15) is 18.9 Å². The molecule has 0 radical (unpaired) electrons. The Morgan fingerprint density at radius 3 is 2.55 bits per heavy atom. The minimum atomic E-state index is -1.79. The monoisotopic (exact) mass is 411 g/mol. The van der Waals surface area contributed by atoms with Crippen LogP contribution in [0.3, 0.4) is 0 Å². The average Bonchev–Trinajstić information content (AvgIpc) is 3.15. The number of aromatic amines is 1. The fourth-order valence-corrected chi connectivity index (χ4v) is 2.99. The Balaban J connectivity index is 0.000000284. The number of fused-ring (bicyclic) bond motifs is 1. The molecule has 0 spiro atoms. The fourth-order valence-electron chi connectivity index (χ4n) is 2.99. The number of nitrogen functional groups attached to an aromatic ring is 1. The molecule has 29 heavy (non-hydrogen) atoms. The van der Waals surface area contributed by atoms with Crippen molar-refractivity contribution in [1.29, 1.82) is 0 Å². The van der Waals surface area contributed by atoms with Gasteiger partial charge in [-0.25, -0.2) is 9.78 Å². The van der Waals surface area contributed by atoms with Gasteiger partial charge in [-0.1, -0.05) is 6.58 Å². The molecule has 2 aromatic heterocycles. The fraction of sp³-hybridized carbons (Fsp3) is 0.438. The maximum absolute atomic E-state index is 11.7. The molecule has 13 nitrogen and oxygen atoms in total. The molecule has 0 saturated heterocycles. The Hall–Kier alpha value is -3.29. The molecule has 13 heteroatoms. The van der Waals surface area contributed by atoms with Crippen LogP contribution in [-0.2, 0) is 9.59 Å². The number of hydrogen-bond acceptors (Lipinski definition) is 9. The highest BCUT2D eigenvalue weighted by Gasteiger charge is 2.37. The molecule has 0 amide bonds. The number of nitrogens with two attached hydrogens (primary N) is 1. The van der Waals surface area contributed by atoms with Crippen LogP contribution in [0.15, 0.2) is 23.3 Å². The minimum Gasteiger partial charge on any atom is -0.481 e. The number of aliphatic carboxylic acids is 2. The molecule has 2 aromatic rings. The van der Waals surface area contributed by atoms with Gasteiger partial charge in [0.1, 0.15) is 0 Å². The van der Waals surface area contributed by atoms with Crippen molar-refractivity contribution in [2.75, 3.05) is 12.3 Å². The summed E-state index contributed by atoms with van der Waals surface area (Å²) in [4.78, 5) is 41.6. The van der Waals surface area contributed by atoms with Gasteiger partial charge >= 0.3 is 11.9 Å². The van der Waals surface area contributed by atoms with Gasteiger partial charge in [-0.3, -0.25) is 14.6 Å². The van der Waals surface area contributed by atoms with Gasteiger partial charge in [-0.05, 0) is 12.0 Å². The SMILES string of the molecule is C=C1[C@H](CO)[C@@H](O)C[C@@H]1n1cnc2c(=O)[nH]c(N)nc21.O=C(O)CC(O)C(=O)O. The first-order valence-electron chi connectivity index (χ1n) is 8.39. The largest absolute Gasteiger partial charge is 0.481 e. The van der Waals surface area contributed by atoms with E-state index in [1.54, 1.807) is 4.57 Å². The first kappa shape index (κ1) is 22.0. The Labute approximate surface area is 162 Å². The summed E-state index contributed by atoms with van der Waals surface area (Å²) in [6.45, 7) is 3.76. The number of carboxylic acids is 2. The lowest BCUT2D eigenvalue weighted by Crippen LogP contribution is -2.22. The predicted molar refractivity (Wildman–Crippen MR) is 97.8 cm³/mol. The molecule has 4 atom stereocenters. The molecule has 158 valence electrons. The van der Waals surface area contributed by atoms with E-state index in [1.807, 2.05) is 0 Å². The van der Waals surface area contributed by atoms with Gasteiger partial charge in [0.25, 0.3) is 5.56 Å². The third-order valence-corrected chi connectivity index (χ3v) is 4.47. The summed E-state index contributed by atoms with van der Waals surface area (Å²) >= 11 is 0. The lowest BCUT2D eigenvalue weighted by atomic mass is 10.0. The number of aliphatic hydroxyl groups is 3. The zero-order valence-corrected chi connectivity index (χ0v) is 15.1. The van der Waals surface area contributed by atoms with Crippen LogP contribution in [0.25, 0.3) is 11.2 Å². The van der Waals surface area contributed by atoms with Gasteiger partial charge in [-0.15, -0.1) is 0 Å². The number of hydrogen-bond donors (Lipinski definition) is 7. The summed E-state index contributed by atoms with van der Waals surface area (Å²) in [6, 6.07) is -0.263. The number of aromatic nitrogens is 4. The molecule has 3 rings (SSSR count). The highest BCUT2D eigenvalue weighted by Crippen LogP contribution is 2.39. The molecular formula is C16H21N5O8. The highest BCUT2D eigenvalue weighted by molar-refractivity contribution is 5.79. The first-order chi connectivity index (χ1) is 13.6. The zero-order chi connectivity index (χ0) is 21.9. The van der Waals surface area contributed by atoms with Crippen LogP contribution < -0.4 is 11.3 Å². The first-order valence-corrected chi connectivity index (χ1v) is 8.39. The molecule has 1 aliphatic carbocycles.